The summed E-state index contributed by atoms with van der Waals surface area (Å²) in [5.74, 6) is 2.91. The zero-order valence-electron chi connectivity index (χ0n) is 15.0. The van der Waals surface area contributed by atoms with Crippen LogP contribution in [0, 0.1) is 12.3 Å². The highest BCUT2D eigenvalue weighted by molar-refractivity contribution is 5.96. The number of carbonyl (C=O) groups is 1. The third kappa shape index (κ3) is 3.13. The Morgan fingerprint density at radius 3 is 2.73 bits per heavy atom. The lowest BCUT2D eigenvalue weighted by Gasteiger charge is -2.33. The fourth-order valence-electron chi connectivity index (χ4n) is 4.36. The maximum Gasteiger partial charge on any atom is 0.241 e. The molecule has 1 amide bonds. The van der Waals surface area contributed by atoms with E-state index in [-0.39, 0.29) is 11.9 Å². The van der Waals surface area contributed by atoms with E-state index in [0.29, 0.717) is 13.1 Å². The lowest BCUT2D eigenvalue weighted by Crippen LogP contribution is -2.43. The van der Waals surface area contributed by atoms with E-state index in [1.807, 2.05) is 17.0 Å². The molecule has 3 nitrogen and oxygen atoms in total. The van der Waals surface area contributed by atoms with Crippen molar-refractivity contribution < 1.29 is 4.79 Å². The van der Waals surface area contributed by atoms with Gasteiger partial charge in [-0.05, 0) is 48.4 Å². The van der Waals surface area contributed by atoms with Crippen LogP contribution in [0.4, 0.5) is 5.69 Å². The molecule has 0 saturated heterocycles. The van der Waals surface area contributed by atoms with E-state index in [1.165, 1.54) is 16.7 Å². The summed E-state index contributed by atoms with van der Waals surface area (Å²) in [6, 6.07) is 17.0. The van der Waals surface area contributed by atoms with Gasteiger partial charge in [-0.1, -0.05) is 48.4 Å². The summed E-state index contributed by atoms with van der Waals surface area (Å²) in [6.45, 7) is 1.67. The first-order valence-corrected chi connectivity index (χ1v) is 9.41. The zero-order chi connectivity index (χ0) is 17.9. The van der Waals surface area contributed by atoms with Gasteiger partial charge in [0.25, 0.3) is 0 Å². The minimum Gasteiger partial charge on any atom is -0.311 e. The maximum atomic E-state index is 13.1. The number of nitrogens with zero attached hydrogens (tertiary/aromatic N) is 2. The molecule has 132 valence electrons. The standard InChI is InChI=1S/C23H24N2O/c1-2-15-24(22-14-13-18-8-3-5-11-20(18)22)17-23(26)25-16-7-10-19-9-4-6-12-21(19)25/h1,3-6,8-9,11-12,22H,7,10,13-17H2/t22-/m1/s1. The van der Waals surface area contributed by atoms with Crippen LogP contribution < -0.4 is 4.90 Å². The molecule has 1 aliphatic heterocycles. The first-order chi connectivity index (χ1) is 12.8. The van der Waals surface area contributed by atoms with Gasteiger partial charge in [0.1, 0.15) is 0 Å². The van der Waals surface area contributed by atoms with Gasteiger partial charge in [-0.3, -0.25) is 9.69 Å². The topological polar surface area (TPSA) is 23.6 Å². The second kappa shape index (κ2) is 7.35. The Balaban J connectivity index is 1.55. The number of fused-ring (bicyclic) bond motifs is 2. The Morgan fingerprint density at radius 2 is 1.88 bits per heavy atom. The summed E-state index contributed by atoms with van der Waals surface area (Å²) in [7, 11) is 0. The highest BCUT2D eigenvalue weighted by Crippen LogP contribution is 2.35. The lowest BCUT2D eigenvalue weighted by molar-refractivity contribution is -0.120. The Kier molecular flexibility index (Phi) is 4.77. The molecule has 0 unspecified atom stereocenters. The van der Waals surface area contributed by atoms with Crippen LogP contribution in [0.1, 0.15) is 35.6 Å². The van der Waals surface area contributed by atoms with E-state index < -0.39 is 0 Å². The Morgan fingerprint density at radius 1 is 1.12 bits per heavy atom. The molecule has 2 aliphatic rings. The monoisotopic (exact) mass is 344 g/mol. The highest BCUT2D eigenvalue weighted by atomic mass is 16.2. The minimum atomic E-state index is 0.150. The lowest BCUT2D eigenvalue weighted by atomic mass is 10.0. The van der Waals surface area contributed by atoms with Crippen LogP contribution in [0.15, 0.2) is 48.5 Å². The maximum absolute atomic E-state index is 13.1. The minimum absolute atomic E-state index is 0.150. The number of benzene rings is 2. The van der Waals surface area contributed by atoms with Gasteiger partial charge < -0.3 is 4.90 Å². The number of terminal acetylenes is 1. The van der Waals surface area contributed by atoms with Crippen LogP contribution in [0.25, 0.3) is 0 Å². The number of aryl methyl sites for hydroxylation is 2. The molecule has 26 heavy (non-hydrogen) atoms. The summed E-state index contributed by atoms with van der Waals surface area (Å²) >= 11 is 0. The van der Waals surface area contributed by atoms with Gasteiger partial charge in [0.05, 0.1) is 13.1 Å². The summed E-state index contributed by atoms with van der Waals surface area (Å²) < 4.78 is 0. The van der Waals surface area contributed by atoms with Crippen molar-refractivity contribution in [1.29, 1.82) is 0 Å². The van der Waals surface area contributed by atoms with Crippen molar-refractivity contribution in [1.82, 2.24) is 4.90 Å². The molecule has 2 aromatic rings. The molecule has 0 radical (unpaired) electrons. The number of anilines is 1. The first-order valence-electron chi connectivity index (χ1n) is 9.41. The summed E-state index contributed by atoms with van der Waals surface area (Å²) in [6.07, 6.45) is 9.79. The third-order valence-electron chi connectivity index (χ3n) is 5.59. The highest BCUT2D eigenvalue weighted by Gasteiger charge is 2.30. The number of para-hydroxylation sites is 1. The molecule has 0 aromatic heterocycles. The molecule has 3 heteroatoms. The Bertz CT molecular complexity index is 851. The molecular weight excluding hydrogens is 320 g/mol. The SMILES string of the molecule is C#CCN(CC(=O)N1CCCc2ccccc21)[C@@H]1CCc2ccccc21. The van der Waals surface area contributed by atoms with Gasteiger partial charge in [-0.25, -0.2) is 0 Å². The number of hydrogen-bond acceptors (Lipinski definition) is 2. The fraction of sp³-hybridized carbons (Fsp3) is 0.348. The van der Waals surface area contributed by atoms with E-state index in [9.17, 15) is 4.79 Å². The third-order valence-corrected chi connectivity index (χ3v) is 5.59. The molecule has 0 bridgehead atoms. The van der Waals surface area contributed by atoms with Gasteiger partial charge in [0.2, 0.25) is 5.91 Å². The van der Waals surface area contributed by atoms with E-state index in [4.69, 9.17) is 6.42 Å². The van der Waals surface area contributed by atoms with E-state index >= 15 is 0 Å². The summed E-state index contributed by atoms with van der Waals surface area (Å²) in [5.41, 5.74) is 5.04. The van der Waals surface area contributed by atoms with Crippen molar-refractivity contribution in [2.24, 2.45) is 0 Å². The second-order valence-corrected chi connectivity index (χ2v) is 7.14. The average molecular weight is 344 g/mol. The van der Waals surface area contributed by atoms with Gasteiger partial charge in [-0.2, -0.15) is 0 Å². The van der Waals surface area contributed by atoms with E-state index in [2.05, 4.69) is 47.2 Å². The molecule has 0 N–H and O–H groups in total. The molecule has 0 saturated carbocycles. The average Bonchev–Trinajstić information content (AvgIpc) is 3.11. The fourth-order valence-corrected chi connectivity index (χ4v) is 4.36. The number of rotatable bonds is 4. The zero-order valence-corrected chi connectivity index (χ0v) is 15.0. The van der Waals surface area contributed by atoms with Crippen molar-refractivity contribution in [2.75, 3.05) is 24.5 Å². The smallest absolute Gasteiger partial charge is 0.241 e. The van der Waals surface area contributed by atoms with Crippen molar-refractivity contribution in [2.45, 2.75) is 31.7 Å². The van der Waals surface area contributed by atoms with Crippen molar-refractivity contribution in [3.05, 3.63) is 65.2 Å². The number of amides is 1. The predicted molar refractivity (Wildman–Crippen MR) is 105 cm³/mol. The van der Waals surface area contributed by atoms with E-state index in [0.717, 1.165) is 37.9 Å². The largest absolute Gasteiger partial charge is 0.311 e. The normalized spacial score (nSPS) is 18.3. The number of hydrogen-bond donors (Lipinski definition) is 0. The molecular formula is C23H24N2O. The predicted octanol–water partition coefficient (Wildman–Crippen LogP) is 3.59. The molecule has 0 spiro atoms. The van der Waals surface area contributed by atoms with Crippen molar-refractivity contribution in [3.8, 4) is 12.3 Å². The van der Waals surface area contributed by atoms with Crippen LogP contribution >= 0.6 is 0 Å². The van der Waals surface area contributed by atoms with Gasteiger partial charge in [-0.15, -0.1) is 6.42 Å². The van der Waals surface area contributed by atoms with Crippen LogP contribution in [0.2, 0.25) is 0 Å². The van der Waals surface area contributed by atoms with Gasteiger partial charge in [0, 0.05) is 18.3 Å². The quantitative estimate of drug-likeness (QED) is 0.792. The summed E-state index contributed by atoms with van der Waals surface area (Å²) in [5, 5.41) is 0. The van der Waals surface area contributed by atoms with Crippen molar-refractivity contribution in [3.63, 3.8) is 0 Å². The van der Waals surface area contributed by atoms with Gasteiger partial charge in [0.15, 0.2) is 0 Å². The molecule has 1 heterocycles. The van der Waals surface area contributed by atoms with Crippen molar-refractivity contribution >= 4 is 11.6 Å². The molecule has 2 aromatic carbocycles. The van der Waals surface area contributed by atoms with Gasteiger partial charge >= 0.3 is 0 Å². The van der Waals surface area contributed by atoms with E-state index in [1.54, 1.807) is 0 Å². The molecule has 4 rings (SSSR count). The first kappa shape index (κ1) is 16.9. The molecule has 1 aliphatic carbocycles. The van der Waals surface area contributed by atoms with Crippen LogP contribution in [-0.4, -0.2) is 30.4 Å². The molecule has 0 fully saturated rings. The van der Waals surface area contributed by atoms with Crippen LogP contribution in [0.5, 0.6) is 0 Å². The Labute approximate surface area is 155 Å². The molecule has 1 atom stereocenters. The second-order valence-electron chi connectivity index (χ2n) is 7.14. The number of carbonyl (C=O) groups excluding carboxylic acids is 1. The van der Waals surface area contributed by atoms with Crippen LogP contribution in [0.3, 0.4) is 0 Å². The summed E-state index contributed by atoms with van der Waals surface area (Å²) in [4.78, 5) is 17.3. The Hall–Kier alpha value is -2.57. The van der Waals surface area contributed by atoms with Crippen LogP contribution in [-0.2, 0) is 17.6 Å².